The smallest absolute Gasteiger partial charge is 0.186 e. The Morgan fingerprint density at radius 3 is 2.53 bits per heavy atom. The lowest BCUT2D eigenvalue weighted by molar-refractivity contribution is -0.320. The lowest BCUT2D eigenvalue weighted by atomic mass is 9.78. The summed E-state index contributed by atoms with van der Waals surface area (Å²) in [6, 6.07) is 9.21. The molecule has 0 spiro atoms. The Bertz CT molecular complexity index is 347. The van der Waals surface area contributed by atoms with Crippen LogP contribution in [0.5, 0.6) is 0 Å². The van der Waals surface area contributed by atoms with Gasteiger partial charge >= 0.3 is 0 Å². The molecular formula is C12H14O3. The molecule has 0 aromatic heterocycles. The minimum Gasteiger partial charge on any atom is -0.296 e. The summed E-state index contributed by atoms with van der Waals surface area (Å²) < 4.78 is 0. The molecule has 15 heavy (non-hydrogen) atoms. The van der Waals surface area contributed by atoms with Crippen LogP contribution in [-0.2, 0) is 15.3 Å². The van der Waals surface area contributed by atoms with Gasteiger partial charge in [0.05, 0.1) is 0 Å². The van der Waals surface area contributed by atoms with E-state index >= 15 is 0 Å². The Labute approximate surface area is 88.6 Å². The van der Waals surface area contributed by atoms with E-state index in [4.69, 9.17) is 5.26 Å². The highest BCUT2D eigenvalue weighted by Gasteiger charge is 2.43. The van der Waals surface area contributed by atoms with E-state index < -0.39 is 5.60 Å². The van der Waals surface area contributed by atoms with E-state index in [0.717, 1.165) is 18.4 Å². The van der Waals surface area contributed by atoms with Gasteiger partial charge in [-0.3, -0.25) is 10.1 Å². The van der Waals surface area contributed by atoms with Crippen LogP contribution in [0.25, 0.3) is 0 Å². The van der Waals surface area contributed by atoms with E-state index in [1.807, 2.05) is 30.3 Å². The summed E-state index contributed by atoms with van der Waals surface area (Å²) in [6.45, 7) is 0. The fraction of sp³-hybridized carbons (Fsp3) is 0.417. The molecule has 1 saturated carbocycles. The molecule has 1 aromatic rings. The average Bonchev–Trinajstić information content (AvgIpc) is 2.31. The van der Waals surface area contributed by atoms with E-state index in [-0.39, 0.29) is 5.78 Å². The standard InChI is InChI=1S/C12H14O3/c13-11-8-4-5-9-12(11,15-14)10-6-2-1-3-7-10/h1-3,6-7,14H,4-5,8-9H2. The number of hydrogen-bond acceptors (Lipinski definition) is 3. The quantitative estimate of drug-likeness (QED) is 0.597. The van der Waals surface area contributed by atoms with E-state index in [0.29, 0.717) is 12.8 Å². The minimum absolute atomic E-state index is 0.0255. The van der Waals surface area contributed by atoms with Crippen LogP contribution in [0.15, 0.2) is 30.3 Å². The molecule has 80 valence electrons. The molecule has 0 amide bonds. The van der Waals surface area contributed by atoms with Crippen LogP contribution in [0.4, 0.5) is 0 Å². The highest BCUT2D eigenvalue weighted by molar-refractivity contribution is 5.89. The van der Waals surface area contributed by atoms with Crippen LogP contribution < -0.4 is 0 Å². The molecule has 0 saturated heterocycles. The van der Waals surface area contributed by atoms with Crippen molar-refractivity contribution in [1.82, 2.24) is 0 Å². The van der Waals surface area contributed by atoms with Gasteiger partial charge in [0.1, 0.15) is 0 Å². The van der Waals surface area contributed by atoms with Crippen molar-refractivity contribution in [2.45, 2.75) is 31.3 Å². The molecule has 1 aliphatic rings. The van der Waals surface area contributed by atoms with Crippen LogP contribution >= 0.6 is 0 Å². The molecule has 3 heteroatoms. The second-order valence-electron chi connectivity index (χ2n) is 3.91. The Kier molecular flexibility index (Phi) is 2.84. The predicted octanol–water partition coefficient (Wildman–Crippen LogP) is 2.51. The average molecular weight is 206 g/mol. The van der Waals surface area contributed by atoms with Crippen molar-refractivity contribution >= 4 is 5.78 Å². The van der Waals surface area contributed by atoms with Crippen LogP contribution in [0.1, 0.15) is 31.2 Å². The highest BCUT2D eigenvalue weighted by atomic mass is 17.1. The zero-order valence-corrected chi connectivity index (χ0v) is 8.48. The molecule has 1 aliphatic carbocycles. The van der Waals surface area contributed by atoms with Gasteiger partial charge in [0, 0.05) is 6.42 Å². The summed E-state index contributed by atoms with van der Waals surface area (Å²) in [5.41, 5.74) is -0.364. The van der Waals surface area contributed by atoms with Gasteiger partial charge in [-0.05, 0) is 24.8 Å². The first-order valence-corrected chi connectivity index (χ1v) is 5.21. The van der Waals surface area contributed by atoms with E-state index in [2.05, 4.69) is 4.89 Å². The van der Waals surface area contributed by atoms with E-state index in [1.54, 1.807) is 0 Å². The fourth-order valence-electron chi connectivity index (χ4n) is 2.16. The monoisotopic (exact) mass is 206 g/mol. The largest absolute Gasteiger partial charge is 0.296 e. The van der Waals surface area contributed by atoms with Crippen molar-refractivity contribution < 1.29 is 14.9 Å². The molecule has 0 bridgehead atoms. The molecule has 1 atom stereocenters. The third-order valence-corrected chi connectivity index (χ3v) is 3.03. The first kappa shape index (κ1) is 10.3. The molecular weight excluding hydrogens is 192 g/mol. The number of carbonyl (C=O) groups is 1. The Hall–Kier alpha value is -1.19. The van der Waals surface area contributed by atoms with Crippen LogP contribution in [0, 0.1) is 0 Å². The number of carbonyl (C=O) groups excluding carboxylic acids is 1. The highest BCUT2D eigenvalue weighted by Crippen LogP contribution is 2.37. The first-order chi connectivity index (χ1) is 7.29. The summed E-state index contributed by atoms with van der Waals surface area (Å²) in [5.74, 6) is -0.0255. The van der Waals surface area contributed by atoms with Gasteiger partial charge in [-0.25, -0.2) is 4.89 Å². The fourth-order valence-corrected chi connectivity index (χ4v) is 2.16. The third-order valence-electron chi connectivity index (χ3n) is 3.03. The topological polar surface area (TPSA) is 46.5 Å². The zero-order valence-electron chi connectivity index (χ0n) is 8.48. The number of hydrogen-bond donors (Lipinski definition) is 1. The summed E-state index contributed by atoms with van der Waals surface area (Å²) in [7, 11) is 0. The zero-order chi connectivity index (χ0) is 10.7. The maximum Gasteiger partial charge on any atom is 0.186 e. The molecule has 1 fully saturated rings. The molecule has 0 radical (unpaired) electrons. The first-order valence-electron chi connectivity index (χ1n) is 5.21. The second kappa shape index (κ2) is 4.13. The SMILES string of the molecule is O=C1CCCCC1(OO)c1ccccc1. The molecule has 2 rings (SSSR count). The Morgan fingerprint density at radius 1 is 1.20 bits per heavy atom. The lowest BCUT2D eigenvalue weighted by Crippen LogP contribution is -2.40. The molecule has 3 nitrogen and oxygen atoms in total. The van der Waals surface area contributed by atoms with Crippen molar-refractivity contribution in [3.05, 3.63) is 35.9 Å². The second-order valence-corrected chi connectivity index (χ2v) is 3.91. The maximum atomic E-state index is 11.9. The van der Waals surface area contributed by atoms with Gasteiger partial charge in [-0.15, -0.1) is 0 Å². The van der Waals surface area contributed by atoms with Crippen molar-refractivity contribution in [3.8, 4) is 0 Å². The van der Waals surface area contributed by atoms with Gasteiger partial charge < -0.3 is 0 Å². The van der Waals surface area contributed by atoms with Crippen molar-refractivity contribution in [2.75, 3.05) is 0 Å². The molecule has 1 aromatic carbocycles. The normalized spacial score (nSPS) is 26.6. The third kappa shape index (κ3) is 1.68. The van der Waals surface area contributed by atoms with Crippen molar-refractivity contribution in [1.29, 1.82) is 0 Å². The van der Waals surface area contributed by atoms with Gasteiger partial charge in [-0.2, -0.15) is 0 Å². The summed E-state index contributed by atoms with van der Waals surface area (Å²) in [4.78, 5) is 16.4. The van der Waals surface area contributed by atoms with E-state index in [9.17, 15) is 4.79 Å². The Morgan fingerprint density at radius 2 is 1.93 bits per heavy atom. The number of ketones is 1. The molecule has 1 N–H and O–H groups in total. The van der Waals surface area contributed by atoms with Crippen LogP contribution in [0.3, 0.4) is 0 Å². The van der Waals surface area contributed by atoms with Gasteiger partial charge in [0.2, 0.25) is 0 Å². The van der Waals surface area contributed by atoms with E-state index in [1.165, 1.54) is 0 Å². The lowest BCUT2D eigenvalue weighted by Gasteiger charge is -2.32. The van der Waals surface area contributed by atoms with Crippen LogP contribution in [-0.4, -0.2) is 11.0 Å². The summed E-state index contributed by atoms with van der Waals surface area (Å²) in [5, 5.41) is 9.04. The van der Waals surface area contributed by atoms with Gasteiger partial charge in [-0.1, -0.05) is 30.3 Å². The minimum atomic E-state index is -1.11. The predicted molar refractivity (Wildman–Crippen MR) is 55.3 cm³/mol. The molecule has 0 heterocycles. The number of rotatable bonds is 2. The molecule has 0 aliphatic heterocycles. The Balaban J connectivity index is 2.40. The van der Waals surface area contributed by atoms with Gasteiger partial charge in [0.15, 0.2) is 11.4 Å². The number of Topliss-reactive ketones (excluding diaryl/α,β-unsaturated/α-hetero) is 1. The van der Waals surface area contributed by atoms with Crippen LogP contribution in [0.2, 0.25) is 0 Å². The van der Waals surface area contributed by atoms with Crippen molar-refractivity contribution in [3.63, 3.8) is 0 Å². The van der Waals surface area contributed by atoms with Gasteiger partial charge in [0.25, 0.3) is 0 Å². The summed E-state index contributed by atoms with van der Waals surface area (Å²) >= 11 is 0. The molecule has 1 unspecified atom stereocenters. The maximum absolute atomic E-state index is 11.9. The summed E-state index contributed by atoms with van der Waals surface area (Å²) in [6.07, 6.45) is 2.83. The number of benzene rings is 1. The van der Waals surface area contributed by atoms with Crippen molar-refractivity contribution in [2.24, 2.45) is 0 Å².